The molecule has 0 bridgehead atoms. The number of nitrogens with one attached hydrogen (secondary N) is 1. The van der Waals surface area contributed by atoms with Crippen molar-refractivity contribution in [3.05, 3.63) is 41.0 Å². The summed E-state index contributed by atoms with van der Waals surface area (Å²) in [6.45, 7) is 9.56. The average molecular weight is 368 g/mol. The number of amides is 1. The fraction of sp³-hybridized carbons (Fsp3) is 0.600. The molecular formula is C20H28N6O. The monoisotopic (exact) mass is 368 g/mol. The van der Waals surface area contributed by atoms with Crippen molar-refractivity contribution in [2.45, 2.75) is 52.0 Å². The van der Waals surface area contributed by atoms with Gasteiger partial charge in [0.05, 0.1) is 28.8 Å². The molecule has 2 aromatic heterocycles. The molecule has 2 aliphatic rings. The minimum atomic E-state index is -0.0425. The highest BCUT2D eigenvalue weighted by Gasteiger charge is 2.46. The lowest BCUT2D eigenvalue weighted by Gasteiger charge is -2.50. The fourth-order valence-corrected chi connectivity index (χ4v) is 4.72. The first-order chi connectivity index (χ1) is 13.0. The van der Waals surface area contributed by atoms with E-state index < -0.39 is 0 Å². The summed E-state index contributed by atoms with van der Waals surface area (Å²) in [5.41, 5.74) is 3.80. The first-order valence-corrected chi connectivity index (χ1v) is 9.92. The second-order valence-corrected chi connectivity index (χ2v) is 7.71. The highest BCUT2D eigenvalue weighted by atomic mass is 16.2. The van der Waals surface area contributed by atoms with Gasteiger partial charge in [0.2, 0.25) is 0 Å². The Morgan fingerprint density at radius 1 is 1.22 bits per heavy atom. The standard InChI is InChI=1S/C20H28N6O/c1-4-8-26-9-5-17-18(23-13-22-17)20(26)6-10-25(11-7-20)19(27)16-12-21-15(3)24-14(16)2/h12-13H,4-11H2,1-3H3,(H,22,23). The van der Waals surface area contributed by atoms with Crippen LogP contribution >= 0.6 is 0 Å². The van der Waals surface area contributed by atoms with Crippen LogP contribution in [0.15, 0.2) is 12.5 Å². The molecule has 4 rings (SSSR count). The Morgan fingerprint density at radius 2 is 2.00 bits per heavy atom. The maximum Gasteiger partial charge on any atom is 0.257 e. The molecule has 4 heterocycles. The highest BCUT2D eigenvalue weighted by molar-refractivity contribution is 5.95. The first kappa shape index (κ1) is 18.1. The minimum absolute atomic E-state index is 0.0425. The number of hydrogen-bond acceptors (Lipinski definition) is 5. The average Bonchev–Trinajstić information content (AvgIpc) is 3.14. The number of aryl methyl sites for hydroxylation is 2. The predicted octanol–water partition coefficient (Wildman–Crippen LogP) is 2.22. The largest absolute Gasteiger partial charge is 0.348 e. The summed E-state index contributed by atoms with van der Waals surface area (Å²) < 4.78 is 0. The van der Waals surface area contributed by atoms with E-state index in [-0.39, 0.29) is 11.4 Å². The Kier molecular flexibility index (Phi) is 4.72. The van der Waals surface area contributed by atoms with Gasteiger partial charge < -0.3 is 9.88 Å². The summed E-state index contributed by atoms with van der Waals surface area (Å²) in [5.74, 6) is 0.743. The Labute approximate surface area is 160 Å². The van der Waals surface area contributed by atoms with Crippen LogP contribution in [0.5, 0.6) is 0 Å². The summed E-state index contributed by atoms with van der Waals surface area (Å²) in [6, 6.07) is 0. The van der Waals surface area contributed by atoms with Gasteiger partial charge in [-0.3, -0.25) is 9.69 Å². The Morgan fingerprint density at radius 3 is 2.70 bits per heavy atom. The molecule has 1 saturated heterocycles. The number of aromatic nitrogens is 4. The second-order valence-electron chi connectivity index (χ2n) is 7.71. The van der Waals surface area contributed by atoms with Crippen molar-refractivity contribution < 1.29 is 4.79 Å². The number of imidazole rings is 1. The number of rotatable bonds is 3. The first-order valence-electron chi connectivity index (χ1n) is 9.92. The molecule has 2 aliphatic heterocycles. The van der Waals surface area contributed by atoms with E-state index in [0.29, 0.717) is 11.4 Å². The van der Waals surface area contributed by atoms with E-state index in [1.807, 2.05) is 25.1 Å². The minimum Gasteiger partial charge on any atom is -0.348 e. The van der Waals surface area contributed by atoms with Crippen LogP contribution in [-0.2, 0) is 12.0 Å². The zero-order valence-corrected chi connectivity index (χ0v) is 16.5. The molecule has 144 valence electrons. The molecule has 7 nitrogen and oxygen atoms in total. The molecule has 1 spiro atoms. The number of carbonyl (C=O) groups is 1. The van der Waals surface area contributed by atoms with Crippen LogP contribution in [0.25, 0.3) is 0 Å². The lowest BCUT2D eigenvalue weighted by Crippen LogP contribution is -2.57. The van der Waals surface area contributed by atoms with Gasteiger partial charge in [0, 0.05) is 37.9 Å². The normalized spacial score (nSPS) is 19.3. The van der Waals surface area contributed by atoms with Crippen molar-refractivity contribution in [1.82, 2.24) is 29.7 Å². The third-order valence-electron chi connectivity index (χ3n) is 6.10. The topological polar surface area (TPSA) is 78.0 Å². The van der Waals surface area contributed by atoms with E-state index in [1.165, 1.54) is 11.4 Å². The van der Waals surface area contributed by atoms with Crippen LogP contribution in [0.3, 0.4) is 0 Å². The lowest BCUT2D eigenvalue weighted by molar-refractivity contribution is 0.00703. The summed E-state index contributed by atoms with van der Waals surface area (Å²) >= 11 is 0. The van der Waals surface area contributed by atoms with Gasteiger partial charge in [-0.05, 0) is 39.7 Å². The molecule has 0 saturated carbocycles. The van der Waals surface area contributed by atoms with Crippen molar-refractivity contribution in [2.24, 2.45) is 0 Å². The van der Waals surface area contributed by atoms with Gasteiger partial charge >= 0.3 is 0 Å². The van der Waals surface area contributed by atoms with E-state index in [1.54, 1.807) is 6.20 Å². The van der Waals surface area contributed by atoms with Gasteiger partial charge in [-0.15, -0.1) is 0 Å². The van der Waals surface area contributed by atoms with Gasteiger partial charge in [-0.25, -0.2) is 15.0 Å². The summed E-state index contributed by atoms with van der Waals surface area (Å²) in [5, 5.41) is 0. The summed E-state index contributed by atoms with van der Waals surface area (Å²) in [6.07, 6.45) is 7.49. The van der Waals surface area contributed by atoms with Crippen molar-refractivity contribution >= 4 is 5.91 Å². The zero-order chi connectivity index (χ0) is 19.0. The third kappa shape index (κ3) is 3.04. The Balaban J connectivity index is 1.56. The van der Waals surface area contributed by atoms with Gasteiger partial charge in [0.25, 0.3) is 5.91 Å². The highest BCUT2D eigenvalue weighted by Crippen LogP contribution is 2.42. The van der Waals surface area contributed by atoms with Crippen LogP contribution in [0.2, 0.25) is 0 Å². The molecule has 1 N–H and O–H groups in total. The second kappa shape index (κ2) is 7.03. The Hall–Kier alpha value is -2.28. The molecule has 0 unspecified atom stereocenters. The lowest BCUT2D eigenvalue weighted by atomic mass is 9.78. The molecule has 27 heavy (non-hydrogen) atoms. The van der Waals surface area contributed by atoms with Gasteiger partial charge in [0.1, 0.15) is 5.82 Å². The van der Waals surface area contributed by atoms with E-state index >= 15 is 0 Å². The maximum atomic E-state index is 13.0. The third-order valence-corrected chi connectivity index (χ3v) is 6.10. The Bertz CT molecular complexity index is 837. The molecule has 1 fully saturated rings. The van der Waals surface area contributed by atoms with E-state index in [0.717, 1.165) is 57.6 Å². The molecule has 0 atom stereocenters. The van der Waals surface area contributed by atoms with Crippen LogP contribution in [0.1, 0.15) is 59.5 Å². The molecule has 0 aliphatic carbocycles. The maximum absolute atomic E-state index is 13.0. The number of hydrogen-bond donors (Lipinski definition) is 1. The van der Waals surface area contributed by atoms with E-state index in [9.17, 15) is 4.79 Å². The fourth-order valence-electron chi connectivity index (χ4n) is 4.72. The van der Waals surface area contributed by atoms with Gasteiger partial charge in [-0.2, -0.15) is 0 Å². The number of aromatic amines is 1. The number of H-pyrrole nitrogens is 1. The van der Waals surface area contributed by atoms with Crippen LogP contribution in [-0.4, -0.2) is 61.8 Å². The molecule has 0 radical (unpaired) electrons. The van der Waals surface area contributed by atoms with E-state index in [4.69, 9.17) is 4.98 Å². The number of nitrogens with zero attached hydrogens (tertiary/aromatic N) is 5. The molecule has 2 aromatic rings. The summed E-state index contributed by atoms with van der Waals surface area (Å²) in [4.78, 5) is 34.2. The molecule has 0 aromatic carbocycles. The van der Waals surface area contributed by atoms with E-state index in [2.05, 4.69) is 26.8 Å². The van der Waals surface area contributed by atoms with Crippen molar-refractivity contribution in [1.29, 1.82) is 0 Å². The number of fused-ring (bicyclic) bond motifs is 2. The van der Waals surface area contributed by atoms with Crippen molar-refractivity contribution in [2.75, 3.05) is 26.2 Å². The summed E-state index contributed by atoms with van der Waals surface area (Å²) in [7, 11) is 0. The smallest absolute Gasteiger partial charge is 0.257 e. The van der Waals surface area contributed by atoms with Crippen LogP contribution in [0, 0.1) is 13.8 Å². The number of carbonyl (C=O) groups excluding carboxylic acids is 1. The van der Waals surface area contributed by atoms with Crippen molar-refractivity contribution in [3.8, 4) is 0 Å². The number of likely N-dealkylation sites (tertiary alicyclic amines) is 1. The quantitative estimate of drug-likeness (QED) is 0.899. The van der Waals surface area contributed by atoms with Crippen LogP contribution in [0.4, 0.5) is 0 Å². The van der Waals surface area contributed by atoms with Gasteiger partial charge in [-0.1, -0.05) is 6.92 Å². The molecule has 7 heteroatoms. The molecule has 1 amide bonds. The van der Waals surface area contributed by atoms with Crippen molar-refractivity contribution in [3.63, 3.8) is 0 Å². The number of piperidine rings is 1. The zero-order valence-electron chi connectivity index (χ0n) is 16.5. The predicted molar refractivity (Wildman–Crippen MR) is 102 cm³/mol. The van der Waals surface area contributed by atoms with Crippen LogP contribution < -0.4 is 0 Å². The SMILES string of the molecule is CCCN1CCc2[nH]cnc2C12CCN(C(=O)c1cnc(C)nc1C)CC2. The molecular weight excluding hydrogens is 340 g/mol. The van der Waals surface area contributed by atoms with Gasteiger partial charge in [0.15, 0.2) is 0 Å².